The van der Waals surface area contributed by atoms with Crippen molar-refractivity contribution in [2.24, 2.45) is 0 Å². The molecule has 0 spiro atoms. The van der Waals surface area contributed by atoms with Crippen molar-refractivity contribution in [3.8, 4) is 11.5 Å². The first kappa shape index (κ1) is 15.7. The Morgan fingerprint density at radius 1 is 1.20 bits per heavy atom. The highest BCUT2D eigenvalue weighted by atomic mass is 16.5. The minimum Gasteiger partial charge on any atom is -0.497 e. The molecule has 6 heteroatoms. The number of piperidine rings is 1. The highest BCUT2D eigenvalue weighted by Crippen LogP contribution is 2.33. The normalized spacial score (nSPS) is 17.7. The lowest BCUT2D eigenvalue weighted by molar-refractivity contribution is 0.398. The third-order valence-corrected chi connectivity index (χ3v) is 4.83. The molecule has 0 aliphatic carbocycles. The lowest BCUT2D eigenvalue weighted by Gasteiger charge is -2.32. The van der Waals surface area contributed by atoms with Gasteiger partial charge in [0.1, 0.15) is 23.1 Å². The van der Waals surface area contributed by atoms with Crippen LogP contribution in [0.3, 0.4) is 0 Å². The van der Waals surface area contributed by atoms with E-state index in [0.717, 1.165) is 60.0 Å². The van der Waals surface area contributed by atoms with Gasteiger partial charge in [-0.15, -0.1) is 0 Å². The molecule has 1 fully saturated rings. The molecule has 4 rings (SSSR count). The summed E-state index contributed by atoms with van der Waals surface area (Å²) in [5.74, 6) is 4.00. The average Bonchev–Trinajstić information content (AvgIpc) is 3.21. The zero-order valence-electron chi connectivity index (χ0n) is 14.5. The van der Waals surface area contributed by atoms with E-state index in [1.54, 1.807) is 14.2 Å². The summed E-state index contributed by atoms with van der Waals surface area (Å²) < 4.78 is 10.8. The number of rotatable bonds is 4. The largest absolute Gasteiger partial charge is 0.497 e. The monoisotopic (exact) mass is 338 g/mol. The first-order chi connectivity index (χ1) is 12.3. The van der Waals surface area contributed by atoms with Gasteiger partial charge in [0, 0.05) is 48.9 Å². The molecule has 3 heterocycles. The number of nitrogens with zero attached hydrogens (tertiary/aromatic N) is 3. The number of hydrogen-bond acceptors (Lipinski definition) is 5. The van der Waals surface area contributed by atoms with Crippen molar-refractivity contribution in [2.45, 2.75) is 18.8 Å². The maximum Gasteiger partial charge on any atom is 0.131 e. The van der Waals surface area contributed by atoms with Crippen molar-refractivity contribution in [1.29, 1.82) is 0 Å². The zero-order chi connectivity index (χ0) is 17.2. The fourth-order valence-corrected chi connectivity index (χ4v) is 3.54. The highest BCUT2D eigenvalue weighted by molar-refractivity contribution is 5.88. The molecule has 1 aliphatic rings. The molecule has 1 aromatic carbocycles. The maximum atomic E-state index is 5.48. The summed E-state index contributed by atoms with van der Waals surface area (Å²) in [7, 11) is 3.32. The van der Waals surface area contributed by atoms with Crippen LogP contribution >= 0.6 is 0 Å². The van der Waals surface area contributed by atoms with Gasteiger partial charge in [0.25, 0.3) is 0 Å². The molecule has 2 aromatic heterocycles. The molecule has 1 N–H and O–H groups in total. The van der Waals surface area contributed by atoms with E-state index in [9.17, 15) is 0 Å². The number of benzene rings is 1. The van der Waals surface area contributed by atoms with Crippen LogP contribution in [0.25, 0.3) is 10.9 Å². The molecular weight excluding hydrogens is 316 g/mol. The molecule has 3 aromatic rings. The van der Waals surface area contributed by atoms with E-state index in [0.29, 0.717) is 5.92 Å². The van der Waals surface area contributed by atoms with Gasteiger partial charge in [-0.05, 0) is 25.0 Å². The van der Waals surface area contributed by atoms with Gasteiger partial charge in [-0.1, -0.05) is 0 Å². The van der Waals surface area contributed by atoms with Crippen molar-refractivity contribution in [3.05, 3.63) is 42.5 Å². The van der Waals surface area contributed by atoms with E-state index in [4.69, 9.17) is 14.5 Å². The smallest absolute Gasteiger partial charge is 0.131 e. The molecule has 1 saturated heterocycles. The van der Waals surface area contributed by atoms with Gasteiger partial charge >= 0.3 is 0 Å². The number of hydrogen-bond donors (Lipinski definition) is 1. The Morgan fingerprint density at radius 2 is 2.12 bits per heavy atom. The number of methoxy groups -OCH3 is 2. The lowest BCUT2D eigenvalue weighted by atomic mass is 9.97. The SMILES string of the molecule is COc1cc(OC)c2ccc(N3CCCC(c4ncc[nH]4)C3)nc2c1. The van der Waals surface area contributed by atoms with Crippen LogP contribution in [0.1, 0.15) is 24.6 Å². The minimum absolute atomic E-state index is 0.418. The van der Waals surface area contributed by atoms with Crippen LogP contribution in [0.2, 0.25) is 0 Å². The molecule has 6 nitrogen and oxygen atoms in total. The van der Waals surface area contributed by atoms with Gasteiger partial charge < -0.3 is 19.4 Å². The second kappa shape index (κ2) is 6.63. The third kappa shape index (κ3) is 2.99. The number of aromatic nitrogens is 3. The summed E-state index contributed by atoms with van der Waals surface area (Å²) in [5.41, 5.74) is 0.883. The topological polar surface area (TPSA) is 63.3 Å². The number of imidazole rings is 1. The van der Waals surface area contributed by atoms with E-state index in [1.165, 1.54) is 0 Å². The van der Waals surface area contributed by atoms with Gasteiger partial charge in [-0.2, -0.15) is 0 Å². The first-order valence-corrected chi connectivity index (χ1v) is 8.55. The van der Waals surface area contributed by atoms with Gasteiger partial charge in [0.05, 0.1) is 19.7 Å². The van der Waals surface area contributed by atoms with E-state index < -0.39 is 0 Å². The van der Waals surface area contributed by atoms with Crippen LogP contribution in [-0.4, -0.2) is 42.3 Å². The Morgan fingerprint density at radius 3 is 2.88 bits per heavy atom. The fraction of sp³-hybridized carbons (Fsp3) is 0.368. The van der Waals surface area contributed by atoms with Crippen LogP contribution in [-0.2, 0) is 0 Å². The molecule has 0 saturated carbocycles. The summed E-state index contributed by atoms with van der Waals surface area (Å²) in [6.07, 6.45) is 5.99. The lowest BCUT2D eigenvalue weighted by Crippen LogP contribution is -2.35. The van der Waals surface area contributed by atoms with Gasteiger partial charge in [0.2, 0.25) is 0 Å². The summed E-state index contributed by atoms with van der Waals surface area (Å²) in [6.45, 7) is 1.93. The highest BCUT2D eigenvalue weighted by Gasteiger charge is 2.24. The number of H-pyrrole nitrogens is 1. The number of fused-ring (bicyclic) bond motifs is 1. The van der Waals surface area contributed by atoms with Gasteiger partial charge in [-0.3, -0.25) is 0 Å². The van der Waals surface area contributed by atoms with Crippen LogP contribution in [0.5, 0.6) is 11.5 Å². The number of aromatic amines is 1. The average molecular weight is 338 g/mol. The standard InChI is InChI=1S/C19H22N4O2/c1-24-14-10-16-15(17(11-14)25-2)5-6-18(22-16)23-9-3-4-13(12-23)19-20-7-8-21-19/h5-8,10-11,13H,3-4,9,12H2,1-2H3,(H,20,21). The number of nitrogens with one attached hydrogen (secondary N) is 1. The van der Waals surface area contributed by atoms with E-state index in [1.807, 2.05) is 24.5 Å². The molecule has 1 atom stereocenters. The molecule has 0 radical (unpaired) electrons. The van der Waals surface area contributed by atoms with Crippen LogP contribution in [0.4, 0.5) is 5.82 Å². The fourth-order valence-electron chi connectivity index (χ4n) is 3.54. The summed E-state index contributed by atoms with van der Waals surface area (Å²) in [6, 6.07) is 7.99. The Balaban J connectivity index is 1.66. The Bertz CT molecular complexity index is 863. The predicted molar refractivity (Wildman–Crippen MR) is 97.6 cm³/mol. The number of anilines is 1. The Hall–Kier alpha value is -2.76. The van der Waals surface area contributed by atoms with Crippen molar-refractivity contribution in [3.63, 3.8) is 0 Å². The van der Waals surface area contributed by atoms with Crippen LogP contribution in [0.15, 0.2) is 36.7 Å². The zero-order valence-corrected chi connectivity index (χ0v) is 14.5. The molecular formula is C19H22N4O2. The number of ether oxygens (including phenoxy) is 2. The van der Waals surface area contributed by atoms with Gasteiger partial charge in [-0.25, -0.2) is 9.97 Å². The van der Waals surface area contributed by atoms with E-state index in [2.05, 4.69) is 27.0 Å². The summed E-state index contributed by atoms with van der Waals surface area (Å²) in [5, 5.41) is 0.992. The Kier molecular flexibility index (Phi) is 4.17. The maximum absolute atomic E-state index is 5.48. The Labute approximate surface area is 146 Å². The molecule has 0 amide bonds. The first-order valence-electron chi connectivity index (χ1n) is 8.55. The van der Waals surface area contributed by atoms with E-state index >= 15 is 0 Å². The molecule has 130 valence electrons. The van der Waals surface area contributed by atoms with Crippen molar-refractivity contribution < 1.29 is 9.47 Å². The van der Waals surface area contributed by atoms with Crippen molar-refractivity contribution in [1.82, 2.24) is 15.0 Å². The minimum atomic E-state index is 0.418. The van der Waals surface area contributed by atoms with Crippen LogP contribution < -0.4 is 14.4 Å². The molecule has 0 bridgehead atoms. The third-order valence-electron chi connectivity index (χ3n) is 4.83. The molecule has 25 heavy (non-hydrogen) atoms. The molecule has 1 unspecified atom stereocenters. The van der Waals surface area contributed by atoms with Gasteiger partial charge in [0.15, 0.2) is 0 Å². The predicted octanol–water partition coefficient (Wildman–Crippen LogP) is 3.36. The van der Waals surface area contributed by atoms with Crippen molar-refractivity contribution >= 4 is 16.7 Å². The second-order valence-corrected chi connectivity index (χ2v) is 6.33. The number of pyridine rings is 1. The van der Waals surface area contributed by atoms with Crippen molar-refractivity contribution in [2.75, 3.05) is 32.2 Å². The summed E-state index contributed by atoms with van der Waals surface area (Å²) in [4.78, 5) is 14.9. The second-order valence-electron chi connectivity index (χ2n) is 6.33. The van der Waals surface area contributed by atoms with E-state index in [-0.39, 0.29) is 0 Å². The van der Waals surface area contributed by atoms with Crippen LogP contribution in [0, 0.1) is 0 Å². The summed E-state index contributed by atoms with van der Waals surface area (Å²) >= 11 is 0. The quantitative estimate of drug-likeness (QED) is 0.790. The molecule has 1 aliphatic heterocycles.